The van der Waals surface area contributed by atoms with Gasteiger partial charge >= 0.3 is 0 Å². The molecule has 0 saturated heterocycles. The van der Waals surface area contributed by atoms with E-state index in [1.54, 1.807) is 0 Å². The van der Waals surface area contributed by atoms with Gasteiger partial charge in [0.05, 0.1) is 0 Å². The lowest BCUT2D eigenvalue weighted by molar-refractivity contribution is 0.337. The van der Waals surface area contributed by atoms with E-state index in [1.165, 1.54) is 12.8 Å². The van der Waals surface area contributed by atoms with E-state index in [0.717, 1.165) is 30.6 Å². The molecule has 0 unspecified atom stereocenters. The number of pyridine rings is 1. The standard InChI is InChI=1S/C12H19N3/c1-10-4-3-5-12(14-10)13-8-9-15(2)11-6-7-11/h3-5,11H,6-9H2,1-2H3,(H,13,14). The van der Waals surface area contributed by atoms with Crippen molar-refractivity contribution < 1.29 is 0 Å². The van der Waals surface area contributed by atoms with Crippen molar-refractivity contribution in [3.05, 3.63) is 23.9 Å². The van der Waals surface area contributed by atoms with E-state index in [0.29, 0.717) is 0 Å². The highest BCUT2D eigenvalue weighted by molar-refractivity contribution is 5.34. The molecule has 1 fully saturated rings. The van der Waals surface area contributed by atoms with Crippen LogP contribution in [0.25, 0.3) is 0 Å². The Morgan fingerprint density at radius 2 is 2.27 bits per heavy atom. The molecular formula is C12H19N3. The molecule has 0 bridgehead atoms. The van der Waals surface area contributed by atoms with Gasteiger partial charge in [0.1, 0.15) is 5.82 Å². The summed E-state index contributed by atoms with van der Waals surface area (Å²) in [7, 11) is 2.20. The Labute approximate surface area is 91.5 Å². The topological polar surface area (TPSA) is 28.2 Å². The molecule has 0 aliphatic heterocycles. The third kappa shape index (κ3) is 3.20. The molecule has 82 valence electrons. The van der Waals surface area contributed by atoms with Crippen LogP contribution in [0, 0.1) is 6.92 Å². The molecule has 0 spiro atoms. The highest BCUT2D eigenvalue weighted by atomic mass is 15.2. The smallest absolute Gasteiger partial charge is 0.126 e. The summed E-state index contributed by atoms with van der Waals surface area (Å²) < 4.78 is 0. The van der Waals surface area contributed by atoms with Crippen LogP contribution in [0.15, 0.2) is 18.2 Å². The number of aromatic nitrogens is 1. The summed E-state index contributed by atoms with van der Waals surface area (Å²) in [5.74, 6) is 0.985. The average molecular weight is 205 g/mol. The van der Waals surface area contributed by atoms with Crippen LogP contribution in [-0.4, -0.2) is 36.1 Å². The van der Waals surface area contributed by atoms with Gasteiger partial charge in [-0.15, -0.1) is 0 Å². The van der Waals surface area contributed by atoms with Gasteiger partial charge in [-0.25, -0.2) is 4.98 Å². The second-order valence-electron chi connectivity index (χ2n) is 4.30. The first kappa shape index (κ1) is 10.4. The third-order valence-corrected chi connectivity index (χ3v) is 2.83. The van der Waals surface area contributed by atoms with Gasteiger partial charge in [-0.2, -0.15) is 0 Å². The van der Waals surface area contributed by atoms with Crippen LogP contribution in [-0.2, 0) is 0 Å². The van der Waals surface area contributed by atoms with Crippen LogP contribution in [0.4, 0.5) is 5.82 Å². The number of nitrogens with zero attached hydrogens (tertiary/aromatic N) is 2. The van der Waals surface area contributed by atoms with Crippen LogP contribution >= 0.6 is 0 Å². The van der Waals surface area contributed by atoms with Crippen LogP contribution in [0.5, 0.6) is 0 Å². The predicted molar refractivity (Wildman–Crippen MR) is 63.1 cm³/mol. The maximum absolute atomic E-state index is 4.40. The lowest BCUT2D eigenvalue weighted by Gasteiger charge is -2.15. The third-order valence-electron chi connectivity index (χ3n) is 2.83. The number of rotatable bonds is 5. The number of anilines is 1. The van der Waals surface area contributed by atoms with Crippen molar-refractivity contribution in [2.45, 2.75) is 25.8 Å². The Kier molecular flexibility index (Phi) is 3.21. The molecule has 3 nitrogen and oxygen atoms in total. The molecule has 1 N–H and O–H groups in total. The molecule has 2 rings (SSSR count). The first-order valence-corrected chi connectivity index (χ1v) is 5.63. The van der Waals surface area contributed by atoms with Gasteiger partial charge in [-0.3, -0.25) is 0 Å². The average Bonchev–Trinajstić information content (AvgIpc) is 3.00. The zero-order valence-corrected chi connectivity index (χ0v) is 9.53. The fraction of sp³-hybridized carbons (Fsp3) is 0.583. The zero-order chi connectivity index (χ0) is 10.7. The van der Waals surface area contributed by atoms with Gasteiger partial charge in [-0.05, 0) is 38.9 Å². The molecule has 0 amide bonds. The second kappa shape index (κ2) is 4.62. The van der Waals surface area contributed by atoms with Crippen LogP contribution in [0.2, 0.25) is 0 Å². The molecular weight excluding hydrogens is 186 g/mol. The summed E-state index contributed by atoms with van der Waals surface area (Å²) in [5, 5.41) is 3.35. The summed E-state index contributed by atoms with van der Waals surface area (Å²) in [5.41, 5.74) is 1.07. The Morgan fingerprint density at radius 3 is 2.93 bits per heavy atom. The van der Waals surface area contributed by atoms with Gasteiger partial charge in [0.2, 0.25) is 0 Å². The van der Waals surface area contributed by atoms with Crippen molar-refractivity contribution in [3.63, 3.8) is 0 Å². The zero-order valence-electron chi connectivity index (χ0n) is 9.53. The molecule has 0 radical (unpaired) electrons. The van der Waals surface area contributed by atoms with Crippen molar-refractivity contribution >= 4 is 5.82 Å². The van der Waals surface area contributed by atoms with E-state index in [1.807, 2.05) is 25.1 Å². The number of aryl methyl sites for hydroxylation is 1. The van der Waals surface area contributed by atoms with Gasteiger partial charge in [0.15, 0.2) is 0 Å². The molecule has 0 aromatic carbocycles. The maximum atomic E-state index is 4.40. The maximum Gasteiger partial charge on any atom is 0.126 e. The molecule has 15 heavy (non-hydrogen) atoms. The molecule has 3 heteroatoms. The predicted octanol–water partition coefficient (Wildman–Crippen LogP) is 1.90. The lowest BCUT2D eigenvalue weighted by Crippen LogP contribution is -2.27. The minimum atomic E-state index is 0.845. The summed E-state index contributed by atoms with van der Waals surface area (Å²) in [6, 6.07) is 6.92. The summed E-state index contributed by atoms with van der Waals surface area (Å²) in [6.45, 7) is 4.09. The van der Waals surface area contributed by atoms with Gasteiger partial charge in [0, 0.05) is 24.8 Å². The van der Waals surface area contributed by atoms with Gasteiger partial charge < -0.3 is 10.2 Å². The molecule has 1 aromatic rings. The fourth-order valence-electron chi connectivity index (χ4n) is 1.70. The first-order chi connectivity index (χ1) is 7.25. The molecule has 1 saturated carbocycles. The van der Waals surface area contributed by atoms with Crippen LogP contribution < -0.4 is 5.32 Å². The molecule has 1 aliphatic rings. The molecule has 1 aliphatic carbocycles. The largest absolute Gasteiger partial charge is 0.369 e. The number of nitrogens with one attached hydrogen (secondary N) is 1. The summed E-state index contributed by atoms with van der Waals surface area (Å²) >= 11 is 0. The Hall–Kier alpha value is -1.09. The summed E-state index contributed by atoms with van der Waals surface area (Å²) in [4.78, 5) is 6.82. The van der Waals surface area contributed by atoms with Crippen molar-refractivity contribution in [1.82, 2.24) is 9.88 Å². The Morgan fingerprint density at radius 1 is 1.47 bits per heavy atom. The summed E-state index contributed by atoms with van der Waals surface area (Å²) in [6.07, 6.45) is 2.75. The monoisotopic (exact) mass is 205 g/mol. The lowest BCUT2D eigenvalue weighted by atomic mass is 10.4. The van der Waals surface area contributed by atoms with Crippen LogP contribution in [0.1, 0.15) is 18.5 Å². The van der Waals surface area contributed by atoms with E-state index >= 15 is 0 Å². The van der Waals surface area contributed by atoms with Crippen molar-refractivity contribution in [2.75, 3.05) is 25.5 Å². The second-order valence-corrected chi connectivity index (χ2v) is 4.30. The fourth-order valence-corrected chi connectivity index (χ4v) is 1.70. The Balaban J connectivity index is 1.73. The number of likely N-dealkylation sites (N-methyl/N-ethyl adjacent to an activating group) is 1. The van der Waals surface area contributed by atoms with Crippen molar-refractivity contribution in [2.24, 2.45) is 0 Å². The normalized spacial score (nSPS) is 15.7. The van der Waals surface area contributed by atoms with E-state index in [4.69, 9.17) is 0 Å². The van der Waals surface area contributed by atoms with Gasteiger partial charge in [0.25, 0.3) is 0 Å². The molecule has 0 atom stereocenters. The van der Waals surface area contributed by atoms with E-state index in [9.17, 15) is 0 Å². The van der Waals surface area contributed by atoms with Crippen LogP contribution in [0.3, 0.4) is 0 Å². The quantitative estimate of drug-likeness (QED) is 0.795. The number of hydrogen-bond donors (Lipinski definition) is 1. The minimum absolute atomic E-state index is 0.845. The van der Waals surface area contributed by atoms with Gasteiger partial charge in [-0.1, -0.05) is 6.07 Å². The highest BCUT2D eigenvalue weighted by Gasteiger charge is 2.25. The van der Waals surface area contributed by atoms with E-state index in [2.05, 4.69) is 22.2 Å². The van der Waals surface area contributed by atoms with E-state index in [-0.39, 0.29) is 0 Å². The first-order valence-electron chi connectivity index (χ1n) is 5.63. The SMILES string of the molecule is Cc1cccc(NCCN(C)C2CC2)n1. The van der Waals surface area contributed by atoms with Crippen molar-refractivity contribution in [1.29, 1.82) is 0 Å². The minimum Gasteiger partial charge on any atom is -0.369 e. The molecule has 1 heterocycles. The van der Waals surface area contributed by atoms with Crippen molar-refractivity contribution in [3.8, 4) is 0 Å². The number of hydrogen-bond acceptors (Lipinski definition) is 3. The van der Waals surface area contributed by atoms with E-state index < -0.39 is 0 Å². The highest BCUT2D eigenvalue weighted by Crippen LogP contribution is 2.24. The Bertz CT molecular complexity index is 320. The molecule has 1 aromatic heterocycles.